The quantitative estimate of drug-likeness (QED) is 0.563. The number of nitrogens with zero attached hydrogens (tertiary/aromatic N) is 2. The van der Waals surface area contributed by atoms with Gasteiger partial charge in [-0.2, -0.15) is 5.10 Å². The van der Waals surface area contributed by atoms with Crippen molar-refractivity contribution in [3.8, 4) is 0 Å². The molecule has 1 atom stereocenters. The van der Waals surface area contributed by atoms with Gasteiger partial charge in [0.05, 0.1) is 13.3 Å². The van der Waals surface area contributed by atoms with Crippen LogP contribution in [-0.2, 0) is 16.6 Å². The van der Waals surface area contributed by atoms with Crippen LogP contribution in [0, 0.1) is 0 Å². The van der Waals surface area contributed by atoms with Crippen molar-refractivity contribution in [1.29, 1.82) is 0 Å². The average Bonchev–Trinajstić information content (AvgIpc) is 2.65. The smallest absolute Gasteiger partial charge is 0.327 e. The lowest BCUT2D eigenvalue weighted by atomic mass is 10.1. The largest absolute Gasteiger partial charge is 0.468 e. The van der Waals surface area contributed by atoms with E-state index in [1.165, 1.54) is 7.11 Å². The van der Waals surface area contributed by atoms with E-state index in [0.29, 0.717) is 6.54 Å². The monoisotopic (exact) mass is 209 g/mol. The van der Waals surface area contributed by atoms with Gasteiger partial charge >= 0.3 is 5.97 Å². The van der Waals surface area contributed by atoms with Crippen molar-refractivity contribution in [2.24, 2.45) is 7.05 Å². The van der Waals surface area contributed by atoms with E-state index in [1.807, 2.05) is 0 Å². The second-order valence-electron chi connectivity index (χ2n) is 3.10. The summed E-state index contributed by atoms with van der Waals surface area (Å²) < 4.78 is 6.34. The fourth-order valence-electron chi connectivity index (χ4n) is 1.25. The van der Waals surface area contributed by atoms with Gasteiger partial charge in [-0.3, -0.25) is 10.00 Å². The molecule has 0 aliphatic rings. The molecule has 1 aromatic heterocycles. The Hall–Kier alpha value is -1.62. The van der Waals surface area contributed by atoms with Crippen LogP contribution in [0.4, 0.5) is 0 Å². The van der Waals surface area contributed by atoms with E-state index in [1.54, 1.807) is 30.2 Å². The predicted molar refractivity (Wildman–Crippen MR) is 56.2 cm³/mol. The van der Waals surface area contributed by atoms with E-state index in [4.69, 9.17) is 4.74 Å². The molecule has 1 unspecified atom stereocenters. The summed E-state index contributed by atoms with van der Waals surface area (Å²) >= 11 is 0. The molecule has 0 fully saturated rings. The second-order valence-corrected chi connectivity index (χ2v) is 3.10. The highest BCUT2D eigenvalue weighted by atomic mass is 16.5. The van der Waals surface area contributed by atoms with E-state index in [2.05, 4.69) is 17.0 Å². The van der Waals surface area contributed by atoms with Gasteiger partial charge in [0.15, 0.2) is 0 Å². The Bertz CT molecular complexity index is 346. The Balaban J connectivity index is 2.80. The molecule has 1 N–H and O–H groups in total. The molecule has 5 heteroatoms. The number of hydrogen-bond acceptors (Lipinski definition) is 4. The number of hydrogen-bond donors (Lipinski definition) is 1. The SMILES string of the molecule is C=CCNC(C(=O)OC)c1cnn(C)c1. The van der Waals surface area contributed by atoms with E-state index in [-0.39, 0.29) is 5.97 Å². The van der Waals surface area contributed by atoms with E-state index < -0.39 is 6.04 Å². The molecule has 0 saturated heterocycles. The number of nitrogens with one attached hydrogen (secondary N) is 1. The third kappa shape index (κ3) is 2.92. The summed E-state index contributed by atoms with van der Waals surface area (Å²) in [4.78, 5) is 11.5. The van der Waals surface area contributed by atoms with E-state index >= 15 is 0 Å². The van der Waals surface area contributed by atoms with Gasteiger partial charge in [0.25, 0.3) is 0 Å². The topological polar surface area (TPSA) is 56.1 Å². The maximum atomic E-state index is 11.5. The van der Waals surface area contributed by atoms with Crippen molar-refractivity contribution in [1.82, 2.24) is 15.1 Å². The van der Waals surface area contributed by atoms with E-state index in [0.717, 1.165) is 5.56 Å². The Labute approximate surface area is 88.7 Å². The molecule has 0 aliphatic carbocycles. The lowest BCUT2D eigenvalue weighted by Crippen LogP contribution is -2.29. The Kier molecular flexibility index (Phi) is 4.05. The minimum Gasteiger partial charge on any atom is -0.468 e. The van der Waals surface area contributed by atoms with Gasteiger partial charge in [0.2, 0.25) is 0 Å². The number of methoxy groups -OCH3 is 1. The van der Waals surface area contributed by atoms with E-state index in [9.17, 15) is 4.79 Å². The molecule has 0 radical (unpaired) electrons. The average molecular weight is 209 g/mol. The zero-order chi connectivity index (χ0) is 11.3. The first kappa shape index (κ1) is 11.5. The van der Waals surface area contributed by atoms with Crippen molar-refractivity contribution in [3.05, 3.63) is 30.6 Å². The summed E-state index contributed by atoms with van der Waals surface area (Å²) in [5, 5.41) is 7.01. The van der Waals surface area contributed by atoms with Crippen LogP contribution < -0.4 is 5.32 Å². The highest BCUT2D eigenvalue weighted by Crippen LogP contribution is 2.12. The molecule has 5 nitrogen and oxygen atoms in total. The molecule has 0 spiro atoms. The molecule has 0 saturated carbocycles. The van der Waals surface area contributed by atoms with Crippen LogP contribution in [0.15, 0.2) is 25.0 Å². The number of aromatic nitrogens is 2. The molecule has 0 aliphatic heterocycles. The molecular formula is C10H15N3O2. The summed E-state index contributed by atoms with van der Waals surface area (Å²) in [6.07, 6.45) is 5.10. The zero-order valence-corrected chi connectivity index (χ0v) is 8.93. The summed E-state index contributed by atoms with van der Waals surface area (Å²) in [6.45, 7) is 4.12. The van der Waals surface area contributed by atoms with Crippen molar-refractivity contribution in [2.75, 3.05) is 13.7 Å². The van der Waals surface area contributed by atoms with Crippen molar-refractivity contribution in [3.63, 3.8) is 0 Å². The van der Waals surface area contributed by atoms with Crippen LogP contribution in [0.5, 0.6) is 0 Å². The van der Waals surface area contributed by atoms with Gasteiger partial charge in [0.1, 0.15) is 6.04 Å². The first-order valence-corrected chi connectivity index (χ1v) is 4.59. The summed E-state index contributed by atoms with van der Waals surface area (Å²) in [6, 6.07) is -0.485. The molecule has 1 heterocycles. The molecule has 82 valence electrons. The zero-order valence-electron chi connectivity index (χ0n) is 8.93. The highest BCUT2D eigenvalue weighted by molar-refractivity contribution is 5.77. The van der Waals surface area contributed by atoms with Crippen LogP contribution in [-0.4, -0.2) is 29.4 Å². The maximum absolute atomic E-state index is 11.5. The van der Waals surface area contributed by atoms with Gasteiger partial charge in [-0.25, -0.2) is 4.79 Å². The van der Waals surface area contributed by atoms with Gasteiger partial charge in [-0.15, -0.1) is 6.58 Å². The number of rotatable bonds is 5. The molecule has 0 bridgehead atoms. The number of esters is 1. The van der Waals surface area contributed by atoms with Crippen molar-refractivity contribution >= 4 is 5.97 Å². The Morgan fingerprint density at radius 3 is 3.07 bits per heavy atom. The van der Waals surface area contributed by atoms with Gasteiger partial charge in [0, 0.05) is 25.4 Å². The summed E-state index contributed by atoms with van der Waals surface area (Å²) in [5.74, 6) is -0.329. The number of carbonyl (C=O) groups excluding carboxylic acids is 1. The fraction of sp³-hybridized carbons (Fsp3) is 0.400. The lowest BCUT2D eigenvalue weighted by molar-refractivity contribution is -0.143. The fourth-order valence-corrected chi connectivity index (χ4v) is 1.25. The number of carbonyl (C=O) groups is 1. The predicted octanol–water partition coefficient (Wildman–Crippen LogP) is 0.410. The van der Waals surface area contributed by atoms with Crippen molar-refractivity contribution in [2.45, 2.75) is 6.04 Å². The standard InChI is InChI=1S/C10H15N3O2/c1-4-5-11-9(10(14)15-3)8-6-12-13(2)7-8/h4,6-7,9,11H,1,5H2,2-3H3. The highest BCUT2D eigenvalue weighted by Gasteiger charge is 2.21. The van der Waals surface area contributed by atoms with Crippen LogP contribution in [0.2, 0.25) is 0 Å². The normalized spacial score (nSPS) is 12.1. The molecule has 1 aromatic rings. The van der Waals surface area contributed by atoms with Crippen LogP contribution in [0.25, 0.3) is 0 Å². The lowest BCUT2D eigenvalue weighted by Gasteiger charge is -2.13. The third-order valence-corrected chi connectivity index (χ3v) is 1.96. The van der Waals surface area contributed by atoms with Crippen molar-refractivity contribution < 1.29 is 9.53 Å². The van der Waals surface area contributed by atoms with Crippen LogP contribution >= 0.6 is 0 Å². The van der Waals surface area contributed by atoms with Gasteiger partial charge in [-0.05, 0) is 0 Å². The minimum absolute atomic E-state index is 0.329. The Morgan fingerprint density at radius 1 is 1.87 bits per heavy atom. The first-order valence-electron chi connectivity index (χ1n) is 4.59. The Morgan fingerprint density at radius 2 is 2.60 bits per heavy atom. The molecular weight excluding hydrogens is 194 g/mol. The molecule has 15 heavy (non-hydrogen) atoms. The van der Waals surface area contributed by atoms with Gasteiger partial charge in [-0.1, -0.05) is 6.08 Å². The molecule has 0 amide bonds. The minimum atomic E-state index is -0.485. The summed E-state index contributed by atoms with van der Waals surface area (Å²) in [7, 11) is 3.16. The summed E-state index contributed by atoms with van der Waals surface area (Å²) in [5.41, 5.74) is 0.784. The first-order chi connectivity index (χ1) is 7.19. The number of aryl methyl sites for hydroxylation is 1. The molecule has 0 aromatic carbocycles. The molecule has 1 rings (SSSR count). The maximum Gasteiger partial charge on any atom is 0.327 e. The van der Waals surface area contributed by atoms with Crippen LogP contribution in [0.1, 0.15) is 11.6 Å². The number of ether oxygens (including phenoxy) is 1. The third-order valence-electron chi connectivity index (χ3n) is 1.96. The van der Waals surface area contributed by atoms with Crippen LogP contribution in [0.3, 0.4) is 0 Å². The van der Waals surface area contributed by atoms with Gasteiger partial charge < -0.3 is 4.74 Å². The second kappa shape index (κ2) is 5.31.